The van der Waals surface area contributed by atoms with Gasteiger partial charge in [0.25, 0.3) is 0 Å². The summed E-state index contributed by atoms with van der Waals surface area (Å²) in [5.41, 5.74) is 2.30. The number of piperidine rings is 1. The number of carbonyl (C=O) groups is 1. The van der Waals surface area contributed by atoms with Gasteiger partial charge in [0.05, 0.1) is 6.42 Å². The number of likely N-dealkylation sites (tertiary alicyclic amines) is 1. The Hall–Kier alpha value is -1.62. The van der Waals surface area contributed by atoms with Crippen molar-refractivity contribution in [2.75, 3.05) is 13.1 Å². The number of H-pyrrole nitrogens is 1. The first-order valence-electron chi connectivity index (χ1n) is 7.08. The van der Waals surface area contributed by atoms with Crippen LogP contribution in [-0.2, 0) is 17.6 Å². The van der Waals surface area contributed by atoms with Gasteiger partial charge < -0.3 is 4.90 Å². The van der Waals surface area contributed by atoms with Crippen LogP contribution < -0.4 is 0 Å². The van der Waals surface area contributed by atoms with E-state index in [1.807, 2.05) is 22.4 Å². The molecule has 106 valence electrons. The van der Waals surface area contributed by atoms with Gasteiger partial charge in [-0.3, -0.25) is 9.89 Å². The lowest BCUT2D eigenvalue weighted by Gasteiger charge is -2.32. The fraction of sp³-hybridized carbons (Fsp3) is 0.467. The molecule has 20 heavy (non-hydrogen) atoms. The summed E-state index contributed by atoms with van der Waals surface area (Å²) in [6, 6.07) is 4.06. The van der Waals surface area contributed by atoms with Gasteiger partial charge in [-0.2, -0.15) is 16.4 Å². The van der Waals surface area contributed by atoms with E-state index in [2.05, 4.69) is 15.6 Å². The lowest BCUT2D eigenvalue weighted by Crippen LogP contribution is -2.41. The van der Waals surface area contributed by atoms with Crippen LogP contribution in [0.3, 0.4) is 0 Å². The van der Waals surface area contributed by atoms with E-state index in [9.17, 15) is 4.79 Å². The second kappa shape index (κ2) is 6.22. The minimum Gasteiger partial charge on any atom is -0.342 e. The van der Waals surface area contributed by atoms with Crippen LogP contribution in [0, 0.1) is 5.92 Å². The van der Waals surface area contributed by atoms with E-state index < -0.39 is 0 Å². The number of amides is 1. The average molecular weight is 289 g/mol. The molecule has 1 atom stereocenters. The van der Waals surface area contributed by atoms with Crippen molar-refractivity contribution < 1.29 is 4.79 Å². The van der Waals surface area contributed by atoms with Crippen molar-refractivity contribution >= 4 is 17.2 Å². The minimum atomic E-state index is 0.262. The number of aromatic amines is 1. The zero-order valence-electron chi connectivity index (χ0n) is 11.4. The second-order valence-corrected chi connectivity index (χ2v) is 6.22. The molecule has 0 aromatic carbocycles. The molecule has 2 aromatic rings. The van der Waals surface area contributed by atoms with Gasteiger partial charge in [-0.1, -0.05) is 0 Å². The number of carbonyl (C=O) groups excluding carboxylic acids is 1. The number of rotatable bonds is 4. The monoisotopic (exact) mass is 289 g/mol. The van der Waals surface area contributed by atoms with Crippen LogP contribution in [-0.4, -0.2) is 34.1 Å². The van der Waals surface area contributed by atoms with Crippen molar-refractivity contribution in [3.05, 3.63) is 40.3 Å². The quantitative estimate of drug-likeness (QED) is 0.940. The molecule has 0 spiro atoms. The lowest BCUT2D eigenvalue weighted by molar-refractivity contribution is -0.132. The molecule has 3 heterocycles. The highest BCUT2D eigenvalue weighted by atomic mass is 32.1. The van der Waals surface area contributed by atoms with Crippen LogP contribution in [0.2, 0.25) is 0 Å². The maximum atomic E-state index is 12.3. The molecular weight excluding hydrogens is 270 g/mol. The van der Waals surface area contributed by atoms with Crippen molar-refractivity contribution in [2.24, 2.45) is 5.92 Å². The summed E-state index contributed by atoms with van der Waals surface area (Å²) in [4.78, 5) is 14.4. The van der Waals surface area contributed by atoms with Crippen LogP contribution in [0.4, 0.5) is 0 Å². The number of aromatic nitrogens is 2. The van der Waals surface area contributed by atoms with E-state index >= 15 is 0 Å². The van der Waals surface area contributed by atoms with Crippen LogP contribution >= 0.6 is 11.3 Å². The molecular formula is C15H19N3OS. The van der Waals surface area contributed by atoms with Crippen molar-refractivity contribution in [3.63, 3.8) is 0 Å². The normalized spacial score (nSPS) is 19.2. The predicted octanol–water partition coefficient (Wildman–Crippen LogP) is 2.50. The van der Waals surface area contributed by atoms with Crippen molar-refractivity contribution in [2.45, 2.75) is 25.7 Å². The Morgan fingerprint density at radius 2 is 2.45 bits per heavy atom. The summed E-state index contributed by atoms with van der Waals surface area (Å²) in [6.07, 6.45) is 5.62. The van der Waals surface area contributed by atoms with E-state index in [0.717, 1.165) is 31.5 Å². The fourth-order valence-corrected chi connectivity index (χ4v) is 3.52. The molecule has 0 saturated carbocycles. The van der Waals surface area contributed by atoms with Crippen molar-refractivity contribution in [1.29, 1.82) is 0 Å². The maximum Gasteiger partial charge on any atom is 0.227 e. The van der Waals surface area contributed by atoms with E-state index in [0.29, 0.717) is 12.3 Å². The summed E-state index contributed by atoms with van der Waals surface area (Å²) in [5, 5.41) is 11.1. The third-order valence-electron chi connectivity index (χ3n) is 3.87. The Labute approximate surface area is 122 Å². The topological polar surface area (TPSA) is 49.0 Å². The largest absolute Gasteiger partial charge is 0.342 e. The summed E-state index contributed by atoms with van der Waals surface area (Å²) in [7, 11) is 0. The molecule has 0 aliphatic carbocycles. The number of nitrogens with one attached hydrogen (secondary N) is 1. The summed E-state index contributed by atoms with van der Waals surface area (Å²) in [5.74, 6) is 0.813. The SMILES string of the molecule is O=C(Cc1ccsc1)N1CCCC(Cc2ccn[nH]2)C1. The Balaban J connectivity index is 1.56. The lowest BCUT2D eigenvalue weighted by atomic mass is 9.93. The molecule has 1 saturated heterocycles. The zero-order valence-corrected chi connectivity index (χ0v) is 12.2. The Morgan fingerprint density at radius 3 is 3.20 bits per heavy atom. The van der Waals surface area contributed by atoms with E-state index in [1.165, 1.54) is 12.1 Å². The third kappa shape index (κ3) is 3.28. The van der Waals surface area contributed by atoms with E-state index in [1.54, 1.807) is 17.5 Å². The Bertz CT molecular complexity index is 535. The highest BCUT2D eigenvalue weighted by Crippen LogP contribution is 2.21. The van der Waals surface area contributed by atoms with Gasteiger partial charge in [-0.05, 0) is 53.6 Å². The van der Waals surface area contributed by atoms with Gasteiger partial charge >= 0.3 is 0 Å². The summed E-state index contributed by atoms with van der Waals surface area (Å²) in [6.45, 7) is 1.78. The zero-order chi connectivity index (χ0) is 13.8. The van der Waals surface area contributed by atoms with Gasteiger partial charge in [0, 0.05) is 25.0 Å². The molecule has 4 nitrogen and oxygen atoms in total. The van der Waals surface area contributed by atoms with Crippen molar-refractivity contribution in [3.8, 4) is 0 Å². The van der Waals surface area contributed by atoms with E-state index in [-0.39, 0.29) is 5.91 Å². The maximum absolute atomic E-state index is 12.3. The predicted molar refractivity (Wildman–Crippen MR) is 79.6 cm³/mol. The van der Waals surface area contributed by atoms with Gasteiger partial charge in [-0.25, -0.2) is 0 Å². The molecule has 1 unspecified atom stereocenters. The van der Waals surface area contributed by atoms with Gasteiger partial charge in [0.2, 0.25) is 5.91 Å². The molecule has 1 aliphatic rings. The minimum absolute atomic E-state index is 0.262. The number of hydrogen-bond acceptors (Lipinski definition) is 3. The summed E-state index contributed by atoms with van der Waals surface area (Å²) < 4.78 is 0. The highest BCUT2D eigenvalue weighted by Gasteiger charge is 2.24. The molecule has 0 radical (unpaired) electrons. The fourth-order valence-electron chi connectivity index (χ4n) is 2.85. The first-order chi connectivity index (χ1) is 9.81. The number of thiophene rings is 1. The molecule has 5 heteroatoms. The number of hydrogen-bond donors (Lipinski definition) is 1. The molecule has 1 fully saturated rings. The standard InChI is InChI=1S/C15H19N3OS/c19-15(9-13-4-7-20-11-13)18-6-1-2-12(10-18)8-14-3-5-16-17-14/h3-5,7,11-12H,1-2,6,8-10H2,(H,16,17). The Kier molecular flexibility index (Phi) is 4.16. The highest BCUT2D eigenvalue weighted by molar-refractivity contribution is 7.07. The summed E-state index contributed by atoms with van der Waals surface area (Å²) >= 11 is 1.65. The van der Waals surface area contributed by atoms with Gasteiger partial charge in [0.15, 0.2) is 0 Å². The smallest absolute Gasteiger partial charge is 0.227 e. The number of nitrogens with zero attached hydrogens (tertiary/aromatic N) is 2. The molecule has 3 rings (SSSR count). The van der Waals surface area contributed by atoms with Crippen LogP contribution in [0.1, 0.15) is 24.1 Å². The van der Waals surface area contributed by atoms with Crippen LogP contribution in [0.25, 0.3) is 0 Å². The van der Waals surface area contributed by atoms with E-state index in [4.69, 9.17) is 0 Å². The van der Waals surface area contributed by atoms with Crippen LogP contribution in [0.15, 0.2) is 29.1 Å². The molecule has 0 bridgehead atoms. The Morgan fingerprint density at radius 1 is 1.50 bits per heavy atom. The molecule has 2 aromatic heterocycles. The van der Waals surface area contributed by atoms with Crippen molar-refractivity contribution in [1.82, 2.24) is 15.1 Å². The second-order valence-electron chi connectivity index (χ2n) is 5.44. The first-order valence-corrected chi connectivity index (χ1v) is 8.02. The molecule has 1 amide bonds. The molecule has 1 aliphatic heterocycles. The van der Waals surface area contributed by atoms with Gasteiger partial charge in [-0.15, -0.1) is 0 Å². The first kappa shape index (κ1) is 13.4. The third-order valence-corrected chi connectivity index (χ3v) is 4.61. The van der Waals surface area contributed by atoms with Gasteiger partial charge in [0.1, 0.15) is 0 Å². The van der Waals surface area contributed by atoms with Crippen LogP contribution in [0.5, 0.6) is 0 Å². The average Bonchev–Trinajstić information content (AvgIpc) is 3.12. The molecule has 1 N–H and O–H groups in total.